The van der Waals surface area contributed by atoms with Crippen molar-refractivity contribution < 1.29 is 0 Å². The zero-order valence-electron chi connectivity index (χ0n) is 9.45. The Morgan fingerprint density at radius 2 is 2.07 bits per heavy atom. The molecule has 0 saturated carbocycles. The fraction of sp³-hybridized carbons (Fsp3) is 0.636. The van der Waals surface area contributed by atoms with Crippen LogP contribution in [0.3, 0.4) is 0 Å². The summed E-state index contributed by atoms with van der Waals surface area (Å²) >= 11 is 0. The summed E-state index contributed by atoms with van der Waals surface area (Å²) in [6.45, 7) is 7.18. The molecule has 0 atom stereocenters. The molecule has 0 amide bonds. The molecule has 0 aromatic carbocycles. The maximum Gasteiger partial charge on any atom is 0.227 e. The predicted molar refractivity (Wildman–Crippen MR) is 62.4 cm³/mol. The second kappa shape index (κ2) is 4.47. The van der Waals surface area contributed by atoms with Crippen LogP contribution in [0.15, 0.2) is 6.07 Å². The van der Waals surface area contributed by atoms with E-state index in [-0.39, 0.29) is 0 Å². The molecule has 1 fully saturated rings. The van der Waals surface area contributed by atoms with Crippen molar-refractivity contribution in [3.8, 4) is 0 Å². The lowest BCUT2D eigenvalue weighted by Gasteiger charge is -2.16. The van der Waals surface area contributed by atoms with Gasteiger partial charge >= 0.3 is 0 Å². The van der Waals surface area contributed by atoms with Gasteiger partial charge < -0.3 is 10.2 Å². The maximum atomic E-state index is 4.51. The zero-order chi connectivity index (χ0) is 10.7. The van der Waals surface area contributed by atoms with Gasteiger partial charge in [0.25, 0.3) is 0 Å². The molecule has 82 valence electrons. The van der Waals surface area contributed by atoms with Crippen LogP contribution in [0.1, 0.15) is 25.5 Å². The Balaban J connectivity index is 2.22. The monoisotopic (exact) mass is 206 g/mol. The quantitative estimate of drug-likeness (QED) is 0.819. The van der Waals surface area contributed by atoms with E-state index in [4.69, 9.17) is 0 Å². The third kappa shape index (κ3) is 2.37. The highest BCUT2D eigenvalue weighted by Gasteiger charge is 2.15. The molecule has 1 aliphatic heterocycles. The molecule has 1 N–H and O–H groups in total. The summed E-state index contributed by atoms with van der Waals surface area (Å²) < 4.78 is 0. The SMILES string of the molecule is CCNc1cc(C)nc(N2CCCC2)n1. The number of hydrogen-bond acceptors (Lipinski definition) is 4. The van der Waals surface area contributed by atoms with E-state index in [2.05, 4.69) is 27.1 Å². The number of aryl methyl sites for hydroxylation is 1. The molecule has 15 heavy (non-hydrogen) atoms. The van der Waals surface area contributed by atoms with Gasteiger partial charge in [-0.15, -0.1) is 0 Å². The molecule has 1 aromatic heterocycles. The van der Waals surface area contributed by atoms with Crippen LogP contribution in [0.25, 0.3) is 0 Å². The molecule has 2 rings (SSSR count). The molecule has 0 aliphatic carbocycles. The van der Waals surface area contributed by atoms with Crippen LogP contribution in [0.2, 0.25) is 0 Å². The lowest BCUT2D eigenvalue weighted by molar-refractivity contribution is 0.888. The Hall–Kier alpha value is -1.32. The first-order chi connectivity index (χ1) is 7.29. The smallest absolute Gasteiger partial charge is 0.227 e. The molecule has 1 saturated heterocycles. The van der Waals surface area contributed by atoms with Crippen molar-refractivity contribution in [3.05, 3.63) is 11.8 Å². The van der Waals surface area contributed by atoms with E-state index in [0.29, 0.717) is 0 Å². The summed E-state index contributed by atoms with van der Waals surface area (Å²) in [5.74, 6) is 1.82. The number of nitrogens with zero attached hydrogens (tertiary/aromatic N) is 3. The second-order valence-electron chi connectivity index (χ2n) is 3.92. The molecular formula is C11H18N4. The fourth-order valence-electron chi connectivity index (χ4n) is 1.88. The molecule has 4 nitrogen and oxygen atoms in total. The first-order valence-corrected chi connectivity index (χ1v) is 5.64. The molecule has 0 radical (unpaired) electrons. The van der Waals surface area contributed by atoms with Gasteiger partial charge in [0.05, 0.1) is 0 Å². The van der Waals surface area contributed by atoms with E-state index < -0.39 is 0 Å². The minimum atomic E-state index is 0.878. The van der Waals surface area contributed by atoms with E-state index in [1.165, 1.54) is 12.8 Å². The Morgan fingerprint density at radius 1 is 1.33 bits per heavy atom. The Kier molecular flexibility index (Phi) is 3.04. The number of rotatable bonds is 3. The summed E-state index contributed by atoms with van der Waals surface area (Å²) in [4.78, 5) is 11.2. The summed E-state index contributed by atoms with van der Waals surface area (Å²) in [7, 11) is 0. The minimum absolute atomic E-state index is 0.878. The van der Waals surface area contributed by atoms with Gasteiger partial charge in [0.15, 0.2) is 0 Å². The van der Waals surface area contributed by atoms with E-state index >= 15 is 0 Å². The van der Waals surface area contributed by atoms with Crippen LogP contribution in [0.5, 0.6) is 0 Å². The van der Waals surface area contributed by atoms with Gasteiger partial charge in [-0.1, -0.05) is 0 Å². The van der Waals surface area contributed by atoms with E-state index in [1.54, 1.807) is 0 Å². The summed E-state index contributed by atoms with van der Waals surface area (Å²) in [6, 6.07) is 1.99. The number of hydrogen-bond donors (Lipinski definition) is 1. The third-order valence-electron chi connectivity index (χ3n) is 2.59. The van der Waals surface area contributed by atoms with Crippen molar-refractivity contribution in [2.45, 2.75) is 26.7 Å². The van der Waals surface area contributed by atoms with Crippen LogP contribution >= 0.6 is 0 Å². The molecule has 1 aromatic rings. The first kappa shape index (κ1) is 10.2. The highest BCUT2D eigenvalue weighted by atomic mass is 15.3. The van der Waals surface area contributed by atoms with Crippen molar-refractivity contribution in [2.24, 2.45) is 0 Å². The Morgan fingerprint density at radius 3 is 2.73 bits per heavy atom. The summed E-state index contributed by atoms with van der Waals surface area (Å²) in [5.41, 5.74) is 1.03. The van der Waals surface area contributed by atoms with Crippen LogP contribution in [0, 0.1) is 6.92 Å². The molecule has 1 aliphatic rings. The molecular weight excluding hydrogens is 188 g/mol. The van der Waals surface area contributed by atoms with Crippen LogP contribution in [-0.4, -0.2) is 29.6 Å². The van der Waals surface area contributed by atoms with Crippen molar-refractivity contribution >= 4 is 11.8 Å². The van der Waals surface area contributed by atoms with Gasteiger partial charge in [-0.05, 0) is 26.7 Å². The number of aromatic nitrogens is 2. The fourth-order valence-corrected chi connectivity index (χ4v) is 1.88. The third-order valence-corrected chi connectivity index (χ3v) is 2.59. The predicted octanol–water partition coefficient (Wildman–Crippen LogP) is 1.82. The van der Waals surface area contributed by atoms with Gasteiger partial charge in [-0.2, -0.15) is 4.98 Å². The average molecular weight is 206 g/mol. The van der Waals surface area contributed by atoms with Crippen LogP contribution in [0.4, 0.5) is 11.8 Å². The first-order valence-electron chi connectivity index (χ1n) is 5.64. The zero-order valence-corrected chi connectivity index (χ0v) is 9.45. The van der Waals surface area contributed by atoms with Crippen LogP contribution in [-0.2, 0) is 0 Å². The molecule has 0 spiro atoms. The molecule has 0 unspecified atom stereocenters. The highest BCUT2D eigenvalue weighted by Crippen LogP contribution is 2.18. The second-order valence-corrected chi connectivity index (χ2v) is 3.92. The molecule has 0 bridgehead atoms. The summed E-state index contributed by atoms with van der Waals surface area (Å²) in [5, 5.41) is 3.23. The van der Waals surface area contributed by atoms with E-state index in [1.807, 2.05) is 13.0 Å². The number of anilines is 2. The highest BCUT2D eigenvalue weighted by molar-refractivity contribution is 5.43. The Labute approximate surface area is 90.7 Å². The minimum Gasteiger partial charge on any atom is -0.370 e. The topological polar surface area (TPSA) is 41.1 Å². The van der Waals surface area contributed by atoms with Gasteiger partial charge in [0, 0.05) is 31.4 Å². The van der Waals surface area contributed by atoms with Crippen molar-refractivity contribution in [1.82, 2.24) is 9.97 Å². The van der Waals surface area contributed by atoms with E-state index in [0.717, 1.165) is 37.1 Å². The van der Waals surface area contributed by atoms with Crippen molar-refractivity contribution in [1.29, 1.82) is 0 Å². The van der Waals surface area contributed by atoms with Gasteiger partial charge in [-0.3, -0.25) is 0 Å². The normalized spacial score (nSPS) is 15.7. The lowest BCUT2D eigenvalue weighted by Crippen LogP contribution is -2.21. The number of nitrogens with one attached hydrogen (secondary N) is 1. The standard InChI is InChI=1S/C11H18N4/c1-3-12-10-8-9(2)13-11(14-10)15-6-4-5-7-15/h8H,3-7H2,1-2H3,(H,12,13,14). The largest absolute Gasteiger partial charge is 0.370 e. The maximum absolute atomic E-state index is 4.51. The molecule has 4 heteroatoms. The van der Waals surface area contributed by atoms with Crippen molar-refractivity contribution in [3.63, 3.8) is 0 Å². The molecule has 2 heterocycles. The van der Waals surface area contributed by atoms with Gasteiger partial charge in [-0.25, -0.2) is 4.98 Å². The average Bonchev–Trinajstić information content (AvgIpc) is 2.70. The lowest BCUT2D eigenvalue weighted by atomic mass is 10.4. The Bertz CT molecular complexity index is 331. The van der Waals surface area contributed by atoms with E-state index in [9.17, 15) is 0 Å². The van der Waals surface area contributed by atoms with Crippen LogP contribution < -0.4 is 10.2 Å². The van der Waals surface area contributed by atoms with Gasteiger partial charge in [0.1, 0.15) is 5.82 Å². The van der Waals surface area contributed by atoms with Crippen molar-refractivity contribution in [2.75, 3.05) is 29.9 Å². The van der Waals surface area contributed by atoms with Gasteiger partial charge in [0.2, 0.25) is 5.95 Å². The summed E-state index contributed by atoms with van der Waals surface area (Å²) in [6.07, 6.45) is 2.52.